The highest BCUT2D eigenvalue weighted by molar-refractivity contribution is 9.10. The molecule has 0 radical (unpaired) electrons. The molecule has 0 aliphatic heterocycles. The van der Waals surface area contributed by atoms with E-state index >= 15 is 0 Å². The fourth-order valence-corrected chi connectivity index (χ4v) is 2.78. The minimum atomic E-state index is -0.304. The van der Waals surface area contributed by atoms with Crippen molar-refractivity contribution in [1.29, 1.82) is 5.26 Å². The number of anilines is 3. The molecule has 1 fully saturated rings. The van der Waals surface area contributed by atoms with E-state index in [9.17, 15) is 5.26 Å². The van der Waals surface area contributed by atoms with Crippen LogP contribution < -0.4 is 10.6 Å². The van der Waals surface area contributed by atoms with Gasteiger partial charge in [0.05, 0.1) is 33.4 Å². The topological polar surface area (TPSA) is 91.5 Å². The maximum absolute atomic E-state index is 9.18. The predicted octanol–water partition coefficient (Wildman–Crippen LogP) is 3.39. The molecule has 0 spiro atoms. The lowest BCUT2D eigenvalue weighted by molar-refractivity contribution is 0.550. The van der Waals surface area contributed by atoms with Crippen LogP contribution in [0.2, 0.25) is 0 Å². The Kier molecular flexibility index (Phi) is 3.98. The van der Waals surface area contributed by atoms with Gasteiger partial charge in [-0.05, 0) is 43.1 Å². The highest BCUT2D eigenvalue weighted by Gasteiger charge is 2.53. The Labute approximate surface area is 143 Å². The van der Waals surface area contributed by atoms with Crippen molar-refractivity contribution in [2.45, 2.75) is 33.2 Å². The molecule has 1 saturated carbocycles. The summed E-state index contributed by atoms with van der Waals surface area (Å²) in [6.07, 6.45) is 4.46. The first kappa shape index (κ1) is 15.7. The van der Waals surface area contributed by atoms with Gasteiger partial charge in [0.1, 0.15) is 5.82 Å². The Hall–Kier alpha value is -2.14. The molecule has 8 heteroatoms. The van der Waals surface area contributed by atoms with E-state index in [4.69, 9.17) is 0 Å². The van der Waals surface area contributed by atoms with Gasteiger partial charge >= 0.3 is 0 Å². The number of nitrogens with zero attached hydrogens (tertiary/aromatic N) is 5. The highest BCUT2D eigenvalue weighted by atomic mass is 79.9. The number of hydrogen-bond acceptors (Lipinski definition) is 6. The lowest BCUT2D eigenvalue weighted by atomic mass is 10.2. The smallest absolute Gasteiger partial charge is 0.229 e. The van der Waals surface area contributed by atoms with Crippen LogP contribution in [-0.4, -0.2) is 26.3 Å². The Bertz CT molecular complexity index is 779. The number of aryl methyl sites for hydroxylation is 1. The average molecular weight is 376 g/mol. The second-order valence-corrected chi connectivity index (χ2v) is 6.76. The number of hydrogen-bond donors (Lipinski definition) is 2. The molecule has 0 amide bonds. The van der Waals surface area contributed by atoms with Gasteiger partial charge < -0.3 is 10.6 Å². The van der Waals surface area contributed by atoms with E-state index in [0.717, 1.165) is 34.6 Å². The van der Waals surface area contributed by atoms with Crippen molar-refractivity contribution in [3.8, 4) is 6.07 Å². The van der Waals surface area contributed by atoms with Crippen molar-refractivity contribution < 1.29 is 0 Å². The van der Waals surface area contributed by atoms with Crippen molar-refractivity contribution in [2.24, 2.45) is 5.41 Å². The molecule has 2 atom stereocenters. The van der Waals surface area contributed by atoms with E-state index in [1.54, 1.807) is 6.20 Å². The van der Waals surface area contributed by atoms with Crippen LogP contribution in [0.15, 0.2) is 16.9 Å². The molecule has 2 unspecified atom stereocenters. The number of aromatic nitrogens is 4. The van der Waals surface area contributed by atoms with Gasteiger partial charge in [-0.1, -0.05) is 0 Å². The Balaban J connectivity index is 1.80. The third-order valence-corrected chi connectivity index (χ3v) is 4.60. The van der Waals surface area contributed by atoms with Crippen molar-refractivity contribution in [1.82, 2.24) is 19.7 Å². The van der Waals surface area contributed by atoms with Gasteiger partial charge in [-0.15, -0.1) is 0 Å². The summed E-state index contributed by atoms with van der Waals surface area (Å²) < 4.78 is 2.69. The number of nitriles is 1. The van der Waals surface area contributed by atoms with E-state index in [2.05, 4.69) is 47.7 Å². The van der Waals surface area contributed by atoms with Crippen molar-refractivity contribution >= 4 is 33.4 Å². The van der Waals surface area contributed by atoms with Crippen LogP contribution >= 0.6 is 15.9 Å². The van der Waals surface area contributed by atoms with Gasteiger partial charge in [0, 0.05) is 18.9 Å². The minimum absolute atomic E-state index is 0.143. The summed E-state index contributed by atoms with van der Waals surface area (Å²) in [6.45, 7) is 6.68. The summed E-state index contributed by atoms with van der Waals surface area (Å²) >= 11 is 3.42. The first-order chi connectivity index (χ1) is 11.0. The van der Waals surface area contributed by atoms with E-state index < -0.39 is 0 Å². The van der Waals surface area contributed by atoms with E-state index in [1.807, 2.05) is 31.6 Å². The van der Waals surface area contributed by atoms with Gasteiger partial charge in [0.15, 0.2) is 0 Å². The normalized spacial score (nSPS) is 22.5. The molecule has 0 aromatic carbocycles. The quantitative estimate of drug-likeness (QED) is 0.831. The fraction of sp³-hybridized carbons (Fsp3) is 0.467. The van der Waals surface area contributed by atoms with E-state index in [0.29, 0.717) is 5.95 Å². The molecule has 0 bridgehead atoms. The highest BCUT2D eigenvalue weighted by Crippen LogP contribution is 2.55. The van der Waals surface area contributed by atoms with Gasteiger partial charge in [0.25, 0.3) is 0 Å². The third-order valence-electron chi connectivity index (χ3n) is 4.02. The maximum atomic E-state index is 9.18. The number of halogens is 1. The van der Waals surface area contributed by atoms with Crippen LogP contribution in [0.4, 0.5) is 17.5 Å². The Morgan fingerprint density at radius 2 is 2.35 bits per heavy atom. The first-order valence-corrected chi connectivity index (χ1v) is 8.26. The van der Waals surface area contributed by atoms with Crippen molar-refractivity contribution in [3.05, 3.63) is 22.6 Å². The molecule has 120 valence electrons. The van der Waals surface area contributed by atoms with Gasteiger partial charge in [-0.25, -0.2) is 4.98 Å². The first-order valence-electron chi connectivity index (χ1n) is 7.47. The molecule has 0 saturated heterocycles. The fourth-order valence-electron chi connectivity index (χ4n) is 2.45. The zero-order chi connectivity index (χ0) is 16.6. The summed E-state index contributed by atoms with van der Waals surface area (Å²) in [4.78, 5) is 8.72. The van der Waals surface area contributed by atoms with Crippen molar-refractivity contribution in [3.63, 3.8) is 0 Å². The summed E-state index contributed by atoms with van der Waals surface area (Å²) in [5, 5.41) is 20.1. The van der Waals surface area contributed by atoms with Crippen LogP contribution in [0.1, 0.15) is 32.0 Å². The largest absolute Gasteiger partial charge is 0.369 e. The molecule has 23 heavy (non-hydrogen) atoms. The van der Waals surface area contributed by atoms with Crippen LogP contribution in [0, 0.1) is 23.7 Å². The summed E-state index contributed by atoms with van der Waals surface area (Å²) in [5.41, 5.74) is 1.40. The molecule has 1 aliphatic rings. The summed E-state index contributed by atoms with van der Waals surface area (Å²) in [5.74, 6) is 1.25. The molecule has 2 aromatic heterocycles. The number of nitrogens with one attached hydrogen (secondary N) is 2. The molecule has 2 N–H and O–H groups in total. The molecule has 2 aromatic rings. The Morgan fingerprint density at radius 1 is 1.57 bits per heavy atom. The van der Waals surface area contributed by atoms with Gasteiger partial charge in [-0.3, -0.25) is 4.68 Å². The van der Waals surface area contributed by atoms with Crippen LogP contribution in [0.25, 0.3) is 0 Å². The lowest BCUT2D eigenvalue weighted by Gasteiger charge is -2.08. The van der Waals surface area contributed by atoms with E-state index in [-0.39, 0.29) is 11.5 Å². The number of rotatable bonds is 5. The molecular formula is C15H18BrN7. The Morgan fingerprint density at radius 3 is 3.00 bits per heavy atom. The lowest BCUT2D eigenvalue weighted by Crippen LogP contribution is -2.04. The second-order valence-electron chi connectivity index (χ2n) is 5.90. The van der Waals surface area contributed by atoms with E-state index in [1.165, 1.54) is 0 Å². The standard InChI is InChI=1S/C15H18BrN7/c1-4-18-13-10(16)6-19-14(21-13)20-11-7-23(22-9(11)2)12-5-15(12,3)8-17/h6-7,12H,4-5H2,1-3H3,(H2,18,19,20,21). The second kappa shape index (κ2) is 5.81. The minimum Gasteiger partial charge on any atom is -0.369 e. The summed E-state index contributed by atoms with van der Waals surface area (Å²) in [7, 11) is 0. The third kappa shape index (κ3) is 3.01. The SMILES string of the molecule is CCNc1nc(Nc2cn(C3CC3(C)C#N)nc2C)ncc1Br. The zero-order valence-corrected chi connectivity index (χ0v) is 14.8. The van der Waals surface area contributed by atoms with Gasteiger partial charge in [-0.2, -0.15) is 15.3 Å². The summed E-state index contributed by atoms with van der Waals surface area (Å²) in [6, 6.07) is 2.49. The van der Waals surface area contributed by atoms with Gasteiger partial charge in [0.2, 0.25) is 5.95 Å². The van der Waals surface area contributed by atoms with Crippen LogP contribution in [0.3, 0.4) is 0 Å². The van der Waals surface area contributed by atoms with Crippen molar-refractivity contribution in [2.75, 3.05) is 17.2 Å². The van der Waals surface area contributed by atoms with Crippen LogP contribution in [-0.2, 0) is 0 Å². The maximum Gasteiger partial charge on any atom is 0.229 e. The molecule has 2 heterocycles. The molecule has 7 nitrogen and oxygen atoms in total. The molecule has 3 rings (SSSR count). The molecule has 1 aliphatic carbocycles. The van der Waals surface area contributed by atoms with Crippen LogP contribution in [0.5, 0.6) is 0 Å². The predicted molar refractivity (Wildman–Crippen MR) is 91.5 cm³/mol. The molecular weight excluding hydrogens is 358 g/mol. The monoisotopic (exact) mass is 375 g/mol. The average Bonchev–Trinajstić information content (AvgIpc) is 3.09. The zero-order valence-electron chi connectivity index (χ0n) is 13.3.